The van der Waals surface area contributed by atoms with Crippen molar-refractivity contribution >= 4 is 29.1 Å². The van der Waals surface area contributed by atoms with E-state index in [0.29, 0.717) is 17.5 Å². The zero-order chi connectivity index (χ0) is 14.7. The van der Waals surface area contributed by atoms with Crippen LogP contribution >= 0.6 is 23.1 Å². The maximum atomic E-state index is 10.7. The summed E-state index contributed by atoms with van der Waals surface area (Å²) in [7, 11) is 0. The van der Waals surface area contributed by atoms with Crippen LogP contribution in [0.15, 0.2) is 8.86 Å². The molecule has 0 fully saturated rings. The van der Waals surface area contributed by atoms with Gasteiger partial charge >= 0.3 is 5.97 Å². The van der Waals surface area contributed by atoms with Crippen LogP contribution in [0.1, 0.15) is 42.1 Å². The number of carboxylic acids is 1. The smallest absolute Gasteiger partial charge is 0.308 e. The quantitative estimate of drug-likeness (QED) is 0.820. The largest absolute Gasteiger partial charge is 0.481 e. The second-order valence-corrected chi connectivity index (χ2v) is 6.85. The average molecular weight is 313 g/mol. The van der Waals surface area contributed by atoms with Crippen LogP contribution in [0.2, 0.25) is 0 Å². The molecule has 0 aromatic carbocycles. The molecule has 20 heavy (non-hydrogen) atoms. The van der Waals surface area contributed by atoms with Gasteiger partial charge < -0.3 is 9.63 Å². The van der Waals surface area contributed by atoms with Gasteiger partial charge in [0.05, 0.1) is 17.9 Å². The third-order valence-corrected chi connectivity index (χ3v) is 4.79. The molecule has 0 saturated heterocycles. The van der Waals surface area contributed by atoms with Crippen molar-refractivity contribution < 1.29 is 14.4 Å². The van der Waals surface area contributed by atoms with Gasteiger partial charge in [0.25, 0.3) is 0 Å². The molecule has 0 saturated carbocycles. The summed E-state index contributed by atoms with van der Waals surface area (Å²) >= 11 is 2.88. The van der Waals surface area contributed by atoms with Gasteiger partial charge in [-0.25, -0.2) is 4.98 Å². The van der Waals surface area contributed by atoms with Gasteiger partial charge in [0, 0.05) is 10.8 Å². The van der Waals surface area contributed by atoms with Crippen LogP contribution in [-0.2, 0) is 17.0 Å². The number of rotatable bonds is 6. The van der Waals surface area contributed by atoms with Crippen molar-refractivity contribution in [3.05, 3.63) is 22.3 Å². The van der Waals surface area contributed by atoms with Crippen molar-refractivity contribution in [3.63, 3.8) is 0 Å². The molecule has 1 N–H and O–H groups in total. The Morgan fingerprint density at radius 3 is 2.80 bits per heavy atom. The van der Waals surface area contributed by atoms with Crippen molar-refractivity contribution in [2.75, 3.05) is 0 Å². The van der Waals surface area contributed by atoms with Crippen LogP contribution in [0.3, 0.4) is 0 Å². The Kier molecular flexibility index (Phi) is 4.77. The summed E-state index contributed by atoms with van der Waals surface area (Å²) in [6, 6.07) is 0. The van der Waals surface area contributed by atoms with E-state index in [-0.39, 0.29) is 12.3 Å². The Labute approximate surface area is 124 Å². The highest BCUT2D eigenvalue weighted by atomic mass is 32.2. The normalized spacial score (nSPS) is 11.2. The van der Waals surface area contributed by atoms with E-state index in [1.807, 2.05) is 20.8 Å². The minimum atomic E-state index is -0.841. The Bertz CT molecular complexity index is 607. The first-order chi connectivity index (χ1) is 9.45. The minimum absolute atomic E-state index is 0.0160. The number of thiazole rings is 1. The van der Waals surface area contributed by atoms with Gasteiger partial charge in [0.1, 0.15) is 0 Å². The van der Waals surface area contributed by atoms with E-state index in [9.17, 15) is 4.79 Å². The summed E-state index contributed by atoms with van der Waals surface area (Å²) in [5, 5.41) is 12.7. The zero-order valence-electron chi connectivity index (χ0n) is 11.4. The second kappa shape index (κ2) is 6.36. The highest BCUT2D eigenvalue weighted by Crippen LogP contribution is 2.29. The van der Waals surface area contributed by atoms with Crippen molar-refractivity contribution in [1.82, 2.24) is 15.1 Å². The molecule has 2 heterocycles. The summed E-state index contributed by atoms with van der Waals surface area (Å²) in [4.78, 5) is 20.1. The Hall–Kier alpha value is -1.41. The molecule has 0 aliphatic heterocycles. The molecule has 0 aliphatic carbocycles. The summed E-state index contributed by atoms with van der Waals surface area (Å²) < 4.78 is 5.97. The highest BCUT2D eigenvalue weighted by Gasteiger charge is 2.14. The standard InChI is InChI=1S/C12H15N3O3S2/c1-6(2)11-14-9(18-15-11)5-19-12-13-7(3)8(20-12)4-10(16)17/h6H,4-5H2,1-3H3,(H,16,17). The number of thioether (sulfide) groups is 1. The third kappa shape index (κ3) is 3.80. The molecule has 0 bridgehead atoms. The number of hydrogen-bond donors (Lipinski definition) is 1. The van der Waals surface area contributed by atoms with E-state index in [1.165, 1.54) is 23.1 Å². The molecular weight excluding hydrogens is 298 g/mol. The molecule has 108 valence electrons. The molecule has 2 rings (SSSR count). The first-order valence-corrected chi connectivity index (χ1v) is 7.89. The topological polar surface area (TPSA) is 89.1 Å². The molecule has 8 heteroatoms. The van der Waals surface area contributed by atoms with Gasteiger partial charge in [-0.15, -0.1) is 11.3 Å². The number of hydrogen-bond acceptors (Lipinski definition) is 7. The first kappa shape index (κ1) is 15.0. The zero-order valence-corrected chi connectivity index (χ0v) is 13.0. The highest BCUT2D eigenvalue weighted by molar-refractivity contribution is 8.00. The van der Waals surface area contributed by atoms with Gasteiger partial charge in [-0.2, -0.15) is 4.98 Å². The monoisotopic (exact) mass is 313 g/mol. The van der Waals surface area contributed by atoms with Crippen LogP contribution in [0.5, 0.6) is 0 Å². The molecule has 0 atom stereocenters. The van der Waals surface area contributed by atoms with Crippen molar-refractivity contribution in [2.24, 2.45) is 0 Å². The molecule has 6 nitrogen and oxygen atoms in total. The second-order valence-electron chi connectivity index (χ2n) is 4.55. The summed E-state index contributed by atoms with van der Waals surface area (Å²) in [6.45, 7) is 5.83. The number of aryl methyl sites for hydroxylation is 1. The maximum Gasteiger partial charge on any atom is 0.308 e. The number of aliphatic carboxylic acids is 1. The third-order valence-electron chi connectivity index (χ3n) is 2.50. The number of aromatic nitrogens is 3. The average Bonchev–Trinajstić information content (AvgIpc) is 2.94. The molecular formula is C12H15N3O3S2. The molecule has 0 unspecified atom stereocenters. The van der Waals surface area contributed by atoms with Gasteiger partial charge in [-0.1, -0.05) is 30.8 Å². The Morgan fingerprint density at radius 2 is 2.20 bits per heavy atom. The van der Waals surface area contributed by atoms with Crippen LogP contribution in [-0.4, -0.2) is 26.2 Å². The molecule has 0 radical (unpaired) electrons. The molecule has 0 spiro atoms. The summed E-state index contributed by atoms with van der Waals surface area (Å²) in [5.41, 5.74) is 0.772. The maximum absolute atomic E-state index is 10.7. The lowest BCUT2D eigenvalue weighted by molar-refractivity contribution is -0.136. The van der Waals surface area contributed by atoms with E-state index < -0.39 is 5.97 Å². The lowest BCUT2D eigenvalue weighted by Gasteiger charge is -1.92. The predicted molar refractivity (Wildman–Crippen MR) is 76.1 cm³/mol. The Morgan fingerprint density at radius 1 is 1.45 bits per heavy atom. The fraction of sp³-hybridized carbons (Fsp3) is 0.500. The van der Waals surface area contributed by atoms with E-state index >= 15 is 0 Å². The van der Waals surface area contributed by atoms with Gasteiger partial charge in [-0.05, 0) is 6.92 Å². The fourth-order valence-electron chi connectivity index (χ4n) is 1.45. The number of carboxylic acid groups (broad SMARTS) is 1. The lowest BCUT2D eigenvalue weighted by atomic mass is 10.2. The first-order valence-electron chi connectivity index (χ1n) is 6.09. The number of nitrogens with zero attached hydrogens (tertiary/aromatic N) is 3. The predicted octanol–water partition coefficient (Wildman–Crippen LogP) is 2.88. The van der Waals surface area contributed by atoms with Crippen LogP contribution in [0, 0.1) is 6.92 Å². The molecule has 2 aromatic heterocycles. The SMILES string of the molecule is Cc1nc(SCc2nc(C(C)C)no2)sc1CC(=O)O. The van der Waals surface area contributed by atoms with Gasteiger partial charge in [0.2, 0.25) is 5.89 Å². The Balaban J connectivity index is 1.98. The number of carbonyl (C=O) groups is 1. The van der Waals surface area contributed by atoms with Crippen LogP contribution < -0.4 is 0 Å². The fourth-order valence-corrected chi connectivity index (χ4v) is 3.51. The van der Waals surface area contributed by atoms with Gasteiger partial charge in [0.15, 0.2) is 10.2 Å². The summed E-state index contributed by atoms with van der Waals surface area (Å²) in [6.07, 6.45) is 0.0160. The minimum Gasteiger partial charge on any atom is -0.481 e. The van der Waals surface area contributed by atoms with E-state index in [2.05, 4.69) is 15.1 Å². The lowest BCUT2D eigenvalue weighted by Crippen LogP contribution is -1.99. The summed E-state index contributed by atoms with van der Waals surface area (Å²) in [5.74, 6) is 1.20. The van der Waals surface area contributed by atoms with Crippen LogP contribution in [0.4, 0.5) is 0 Å². The van der Waals surface area contributed by atoms with Gasteiger partial charge in [-0.3, -0.25) is 4.79 Å². The molecule has 2 aromatic rings. The van der Waals surface area contributed by atoms with Crippen molar-refractivity contribution in [3.8, 4) is 0 Å². The van der Waals surface area contributed by atoms with E-state index in [0.717, 1.165) is 14.9 Å². The van der Waals surface area contributed by atoms with Crippen molar-refractivity contribution in [2.45, 2.75) is 43.2 Å². The van der Waals surface area contributed by atoms with E-state index in [4.69, 9.17) is 9.63 Å². The molecule has 0 aliphatic rings. The van der Waals surface area contributed by atoms with Crippen LogP contribution in [0.25, 0.3) is 0 Å². The van der Waals surface area contributed by atoms with Crippen molar-refractivity contribution in [1.29, 1.82) is 0 Å². The van der Waals surface area contributed by atoms with E-state index in [1.54, 1.807) is 0 Å². The molecule has 0 amide bonds.